The van der Waals surface area contributed by atoms with Crippen molar-refractivity contribution in [3.8, 4) is 5.75 Å². The molecule has 1 heterocycles. The first kappa shape index (κ1) is 14.7. The van der Waals surface area contributed by atoms with E-state index in [0.29, 0.717) is 16.8 Å². The quantitative estimate of drug-likeness (QED) is 0.592. The average Bonchev–Trinajstić information content (AvgIpc) is 2.34. The van der Waals surface area contributed by atoms with Crippen LogP contribution in [0.1, 0.15) is 16.8 Å². The number of pyridine rings is 1. The number of nitrogens with one attached hydrogen (secondary N) is 1. The Labute approximate surface area is 103 Å². The molecule has 0 spiro atoms. The van der Waals surface area contributed by atoms with Crippen molar-refractivity contribution in [2.24, 2.45) is 0 Å². The number of aliphatic hydroxyl groups excluding tert-OH is 2. The molecule has 1 aromatic heterocycles. The number of rotatable bonds is 6. The van der Waals surface area contributed by atoms with E-state index in [1.165, 1.54) is 6.20 Å². The van der Waals surface area contributed by atoms with E-state index >= 15 is 0 Å². The van der Waals surface area contributed by atoms with Crippen LogP contribution in [0.15, 0.2) is 6.20 Å². The lowest BCUT2D eigenvalue weighted by Gasteiger charge is -2.14. The van der Waals surface area contributed by atoms with Gasteiger partial charge in [-0.15, -0.1) is 0 Å². The molecule has 5 nitrogen and oxygen atoms in total. The van der Waals surface area contributed by atoms with Crippen molar-refractivity contribution in [1.82, 2.24) is 10.3 Å². The Morgan fingerprint density at radius 2 is 2.11 bits per heavy atom. The van der Waals surface area contributed by atoms with Crippen LogP contribution in [-0.4, -0.2) is 39.4 Å². The average molecular weight is 262 g/mol. The van der Waals surface area contributed by atoms with Crippen LogP contribution in [0.2, 0.25) is 0 Å². The molecule has 102 valence electrons. The van der Waals surface area contributed by atoms with E-state index in [0.717, 1.165) is 0 Å². The van der Waals surface area contributed by atoms with E-state index < -0.39 is 12.5 Å². The number of halogens is 2. The molecule has 7 heteroatoms. The number of aromatic hydroxyl groups is 1. The second-order valence-electron chi connectivity index (χ2n) is 3.89. The lowest BCUT2D eigenvalue weighted by molar-refractivity contribution is -0.00344. The minimum absolute atomic E-state index is 0.0644. The number of alkyl halides is 2. The standard InChI is InChI=1S/C11H16F2N2O3/c1-6-10(18)8(7(5-16)2-15-6)3-14-4-9(17)11(12)13/h2,9,11,14,16-18H,3-5H2,1H3. The minimum atomic E-state index is -2.82. The lowest BCUT2D eigenvalue weighted by atomic mass is 10.1. The zero-order chi connectivity index (χ0) is 13.7. The summed E-state index contributed by atoms with van der Waals surface area (Å²) in [5.74, 6) is -0.0828. The fraction of sp³-hybridized carbons (Fsp3) is 0.545. The molecule has 0 aliphatic carbocycles. The zero-order valence-corrected chi connectivity index (χ0v) is 9.90. The molecule has 18 heavy (non-hydrogen) atoms. The Hall–Kier alpha value is -1.31. The Morgan fingerprint density at radius 1 is 1.44 bits per heavy atom. The Morgan fingerprint density at radius 3 is 2.67 bits per heavy atom. The summed E-state index contributed by atoms with van der Waals surface area (Å²) in [5, 5.41) is 30.4. The SMILES string of the molecule is Cc1ncc(CO)c(CNCC(O)C(F)F)c1O. The molecule has 0 amide bonds. The van der Waals surface area contributed by atoms with Gasteiger partial charge in [-0.05, 0) is 6.92 Å². The van der Waals surface area contributed by atoms with Gasteiger partial charge in [0, 0.05) is 30.4 Å². The summed E-state index contributed by atoms with van der Waals surface area (Å²) < 4.78 is 24.1. The molecule has 0 aromatic carbocycles. The molecule has 0 aliphatic heterocycles. The Bertz CT molecular complexity index is 402. The highest BCUT2D eigenvalue weighted by Crippen LogP contribution is 2.23. The van der Waals surface area contributed by atoms with Crippen molar-refractivity contribution >= 4 is 0 Å². The van der Waals surface area contributed by atoms with Gasteiger partial charge in [0.05, 0.1) is 12.3 Å². The van der Waals surface area contributed by atoms with Gasteiger partial charge in [-0.1, -0.05) is 0 Å². The fourth-order valence-electron chi connectivity index (χ4n) is 1.45. The first-order chi connectivity index (χ1) is 8.47. The summed E-state index contributed by atoms with van der Waals surface area (Å²) >= 11 is 0. The maximum atomic E-state index is 12.1. The third-order valence-corrected chi connectivity index (χ3v) is 2.55. The predicted octanol–water partition coefficient (Wildman–Crippen LogP) is 0.304. The van der Waals surface area contributed by atoms with Gasteiger partial charge in [-0.25, -0.2) is 8.78 Å². The van der Waals surface area contributed by atoms with Crippen LogP contribution in [0, 0.1) is 6.92 Å². The van der Waals surface area contributed by atoms with Crippen molar-refractivity contribution in [1.29, 1.82) is 0 Å². The summed E-state index contributed by atoms with van der Waals surface area (Å²) in [6.07, 6.45) is -3.16. The largest absolute Gasteiger partial charge is 0.506 e. The molecule has 0 aliphatic rings. The van der Waals surface area contributed by atoms with Gasteiger partial charge in [0.1, 0.15) is 11.9 Å². The van der Waals surface area contributed by atoms with Gasteiger partial charge in [-0.2, -0.15) is 0 Å². The molecule has 1 atom stereocenters. The summed E-state index contributed by atoms with van der Waals surface area (Å²) in [5.41, 5.74) is 1.20. The van der Waals surface area contributed by atoms with Crippen molar-refractivity contribution < 1.29 is 24.1 Å². The van der Waals surface area contributed by atoms with Gasteiger partial charge >= 0.3 is 0 Å². The van der Waals surface area contributed by atoms with Gasteiger partial charge in [-0.3, -0.25) is 4.98 Å². The monoisotopic (exact) mass is 262 g/mol. The van der Waals surface area contributed by atoms with Crippen LogP contribution in [0.3, 0.4) is 0 Å². The zero-order valence-electron chi connectivity index (χ0n) is 9.90. The molecular weight excluding hydrogens is 246 g/mol. The van der Waals surface area contributed by atoms with Crippen molar-refractivity contribution in [2.75, 3.05) is 6.54 Å². The topological polar surface area (TPSA) is 85.6 Å². The first-order valence-corrected chi connectivity index (χ1v) is 5.41. The number of aliphatic hydroxyl groups is 2. The van der Waals surface area contributed by atoms with E-state index in [1.54, 1.807) is 6.92 Å². The van der Waals surface area contributed by atoms with Crippen LogP contribution in [-0.2, 0) is 13.2 Å². The molecule has 4 N–H and O–H groups in total. The number of hydrogen-bond donors (Lipinski definition) is 4. The van der Waals surface area contributed by atoms with Crippen LogP contribution in [0.5, 0.6) is 5.75 Å². The van der Waals surface area contributed by atoms with Crippen molar-refractivity contribution in [2.45, 2.75) is 32.6 Å². The Balaban J connectivity index is 2.69. The molecule has 0 radical (unpaired) electrons. The number of aryl methyl sites for hydroxylation is 1. The summed E-state index contributed by atoms with van der Waals surface area (Å²) in [6.45, 7) is 1.04. The third kappa shape index (κ3) is 3.59. The molecule has 0 bridgehead atoms. The van der Waals surface area contributed by atoms with Crippen LogP contribution in [0.4, 0.5) is 8.78 Å². The number of nitrogens with zero attached hydrogens (tertiary/aromatic N) is 1. The molecule has 1 rings (SSSR count). The smallest absolute Gasteiger partial charge is 0.265 e. The second-order valence-corrected chi connectivity index (χ2v) is 3.89. The van der Waals surface area contributed by atoms with E-state index in [1.807, 2.05) is 0 Å². The van der Waals surface area contributed by atoms with Gasteiger partial charge in [0.2, 0.25) is 0 Å². The van der Waals surface area contributed by atoms with Gasteiger partial charge in [0.25, 0.3) is 6.43 Å². The normalized spacial score (nSPS) is 13.0. The van der Waals surface area contributed by atoms with Crippen molar-refractivity contribution in [3.05, 3.63) is 23.0 Å². The summed E-state index contributed by atoms with van der Waals surface area (Å²) in [7, 11) is 0. The van der Waals surface area contributed by atoms with Crippen molar-refractivity contribution in [3.63, 3.8) is 0 Å². The highest BCUT2D eigenvalue weighted by Gasteiger charge is 2.17. The molecule has 0 fully saturated rings. The molecule has 0 saturated carbocycles. The highest BCUT2D eigenvalue weighted by atomic mass is 19.3. The predicted molar refractivity (Wildman–Crippen MR) is 60.3 cm³/mol. The lowest BCUT2D eigenvalue weighted by Crippen LogP contribution is -2.32. The molecule has 0 saturated heterocycles. The fourth-order valence-corrected chi connectivity index (χ4v) is 1.45. The van der Waals surface area contributed by atoms with Gasteiger partial charge in [0.15, 0.2) is 0 Å². The number of aromatic nitrogens is 1. The summed E-state index contributed by atoms with van der Waals surface area (Å²) in [6, 6.07) is 0. The van der Waals surface area contributed by atoms with Crippen LogP contribution < -0.4 is 5.32 Å². The third-order valence-electron chi connectivity index (χ3n) is 2.55. The van der Waals surface area contributed by atoms with E-state index in [9.17, 15) is 13.9 Å². The maximum Gasteiger partial charge on any atom is 0.265 e. The first-order valence-electron chi connectivity index (χ1n) is 5.41. The maximum absolute atomic E-state index is 12.1. The Kier molecular flexibility index (Phi) is 5.39. The molecular formula is C11H16F2N2O3. The highest BCUT2D eigenvalue weighted by molar-refractivity contribution is 5.40. The van der Waals surface area contributed by atoms with Gasteiger partial charge < -0.3 is 20.6 Å². The second kappa shape index (κ2) is 6.58. The van der Waals surface area contributed by atoms with Crippen LogP contribution >= 0.6 is 0 Å². The van der Waals surface area contributed by atoms with E-state index in [4.69, 9.17) is 10.2 Å². The molecule has 1 unspecified atom stereocenters. The van der Waals surface area contributed by atoms with Crippen LogP contribution in [0.25, 0.3) is 0 Å². The number of hydrogen-bond acceptors (Lipinski definition) is 5. The summed E-state index contributed by atoms with van der Waals surface area (Å²) in [4.78, 5) is 3.87. The van der Waals surface area contributed by atoms with E-state index in [-0.39, 0.29) is 25.4 Å². The minimum Gasteiger partial charge on any atom is -0.506 e. The molecule has 1 aromatic rings. The van der Waals surface area contributed by atoms with E-state index in [2.05, 4.69) is 10.3 Å².